The molecule has 0 heterocycles. The minimum Gasteiger partial charge on any atom is -0.305 e. The predicted molar refractivity (Wildman–Crippen MR) is 36.0 cm³/mol. The van der Waals surface area contributed by atoms with Gasteiger partial charge in [-0.2, -0.15) is 0 Å². The Balaban J connectivity index is 2.95. The van der Waals surface area contributed by atoms with Crippen molar-refractivity contribution < 1.29 is 0 Å². The lowest BCUT2D eigenvalue weighted by Gasteiger charge is -1.80. The fraction of sp³-hybridized carbons (Fsp3) is 0.571. The maximum absolute atomic E-state index is 2.97. The first-order valence-corrected chi connectivity index (χ1v) is 2.89. The van der Waals surface area contributed by atoms with E-state index >= 15 is 0 Å². The molecule has 0 rings (SSSR count). The number of hydrogen-bond acceptors (Lipinski definition) is 1. The molecule has 0 saturated carbocycles. The Labute approximate surface area is 51.5 Å². The molecule has 0 unspecified atom stereocenters. The zero-order valence-electron chi connectivity index (χ0n) is 5.49. The summed E-state index contributed by atoms with van der Waals surface area (Å²) in [6.45, 7) is 3.86. The second-order valence-electron chi connectivity index (χ2n) is 1.50. The van der Waals surface area contributed by atoms with E-state index in [1.165, 1.54) is 0 Å². The summed E-state index contributed by atoms with van der Waals surface area (Å²) in [7, 11) is 1.85. The number of unbranched alkanes of at least 4 members (excludes halogenated alkanes) is 1. The molecule has 1 heteroatoms. The van der Waals surface area contributed by atoms with Gasteiger partial charge in [0, 0.05) is 6.42 Å². The molecule has 0 aromatic rings. The van der Waals surface area contributed by atoms with Crippen molar-refractivity contribution in [1.82, 2.24) is 5.32 Å². The standard InChI is InChI=1S/C7H12N/c1-3-4-5-6-7-8-2/h7-8H,3-4H2,1-2H3. The van der Waals surface area contributed by atoms with Crippen molar-refractivity contribution in [2.75, 3.05) is 7.05 Å². The van der Waals surface area contributed by atoms with Crippen LogP contribution >= 0.6 is 0 Å². The second-order valence-corrected chi connectivity index (χ2v) is 1.50. The minimum absolute atomic E-state index is 0.998. The average Bonchev–Trinajstić information content (AvgIpc) is 1.81. The number of nitrogens with one attached hydrogen (secondary N) is 1. The molecule has 0 saturated heterocycles. The molecule has 0 fully saturated rings. The lowest BCUT2D eigenvalue weighted by molar-refractivity contribution is 0.979. The van der Waals surface area contributed by atoms with E-state index in [2.05, 4.69) is 24.1 Å². The van der Waals surface area contributed by atoms with E-state index in [0.29, 0.717) is 0 Å². The van der Waals surface area contributed by atoms with Crippen LogP contribution in [0.4, 0.5) is 0 Å². The molecule has 0 amide bonds. The van der Waals surface area contributed by atoms with Crippen LogP contribution < -0.4 is 5.32 Å². The minimum atomic E-state index is 0.998. The van der Waals surface area contributed by atoms with Crippen molar-refractivity contribution in [3.05, 3.63) is 6.54 Å². The maximum atomic E-state index is 2.97. The lowest BCUT2D eigenvalue weighted by Crippen LogP contribution is -1.96. The molecule has 0 bridgehead atoms. The maximum Gasteiger partial charge on any atom is 0.0956 e. The Kier molecular flexibility index (Phi) is 6.13. The van der Waals surface area contributed by atoms with Crippen molar-refractivity contribution in [2.45, 2.75) is 19.8 Å². The molecule has 0 aliphatic heterocycles. The molecule has 45 valence electrons. The molecule has 0 aromatic carbocycles. The normalized spacial score (nSPS) is 7.75. The van der Waals surface area contributed by atoms with Crippen molar-refractivity contribution in [3.8, 4) is 11.8 Å². The Bertz CT molecular complexity index is 76.3. The fourth-order valence-corrected chi connectivity index (χ4v) is 0.320. The molecule has 0 aliphatic rings. The van der Waals surface area contributed by atoms with Crippen LogP contribution in [-0.2, 0) is 0 Å². The van der Waals surface area contributed by atoms with Gasteiger partial charge in [0.25, 0.3) is 0 Å². The number of hydrogen-bond donors (Lipinski definition) is 1. The van der Waals surface area contributed by atoms with Gasteiger partial charge in [-0.25, -0.2) is 0 Å². The van der Waals surface area contributed by atoms with Gasteiger partial charge in [0.2, 0.25) is 0 Å². The molecule has 0 spiro atoms. The molecule has 1 N–H and O–H groups in total. The van der Waals surface area contributed by atoms with Gasteiger partial charge in [-0.15, -0.1) is 5.92 Å². The summed E-state index contributed by atoms with van der Waals surface area (Å²) in [5, 5.41) is 2.83. The van der Waals surface area contributed by atoms with Crippen LogP contribution in [-0.4, -0.2) is 7.05 Å². The van der Waals surface area contributed by atoms with Crippen LogP contribution in [0.15, 0.2) is 0 Å². The van der Waals surface area contributed by atoms with Gasteiger partial charge in [-0.1, -0.05) is 12.8 Å². The topological polar surface area (TPSA) is 12.0 Å². The van der Waals surface area contributed by atoms with E-state index in [-0.39, 0.29) is 0 Å². The molecule has 1 radical (unpaired) electrons. The van der Waals surface area contributed by atoms with Crippen molar-refractivity contribution >= 4 is 0 Å². The zero-order chi connectivity index (χ0) is 6.24. The van der Waals surface area contributed by atoms with Gasteiger partial charge in [-0.3, -0.25) is 0 Å². The van der Waals surface area contributed by atoms with E-state index in [4.69, 9.17) is 0 Å². The molecule has 0 aromatic heterocycles. The van der Waals surface area contributed by atoms with Crippen LogP contribution in [0.1, 0.15) is 19.8 Å². The van der Waals surface area contributed by atoms with E-state index in [0.717, 1.165) is 12.8 Å². The second kappa shape index (κ2) is 6.52. The van der Waals surface area contributed by atoms with Crippen molar-refractivity contribution in [1.29, 1.82) is 0 Å². The van der Waals surface area contributed by atoms with E-state index in [1.54, 1.807) is 6.54 Å². The lowest BCUT2D eigenvalue weighted by atomic mass is 10.3. The Morgan fingerprint density at radius 1 is 1.62 bits per heavy atom. The molecule has 0 aliphatic carbocycles. The summed E-state index contributed by atoms with van der Waals surface area (Å²) < 4.78 is 0. The highest BCUT2D eigenvalue weighted by atomic mass is 14.8. The van der Waals surface area contributed by atoms with Crippen LogP contribution in [0.25, 0.3) is 0 Å². The Morgan fingerprint density at radius 3 is 2.88 bits per heavy atom. The van der Waals surface area contributed by atoms with E-state index in [9.17, 15) is 0 Å². The summed E-state index contributed by atoms with van der Waals surface area (Å²) >= 11 is 0. The number of rotatable bonds is 2. The molecule has 1 nitrogen and oxygen atoms in total. The Morgan fingerprint density at radius 2 is 2.38 bits per heavy atom. The van der Waals surface area contributed by atoms with Crippen molar-refractivity contribution in [2.24, 2.45) is 0 Å². The first kappa shape index (κ1) is 7.52. The summed E-state index contributed by atoms with van der Waals surface area (Å²) in [5.74, 6) is 5.82. The SMILES string of the molecule is CCCC#C[CH]NC. The first-order chi connectivity index (χ1) is 3.91. The highest BCUT2D eigenvalue weighted by Crippen LogP contribution is 1.80. The van der Waals surface area contributed by atoms with Gasteiger partial charge in [0.15, 0.2) is 0 Å². The average molecular weight is 110 g/mol. The molecule has 8 heavy (non-hydrogen) atoms. The van der Waals surface area contributed by atoms with Crippen LogP contribution in [0.3, 0.4) is 0 Å². The van der Waals surface area contributed by atoms with Gasteiger partial charge < -0.3 is 5.32 Å². The van der Waals surface area contributed by atoms with Crippen LogP contribution in [0.2, 0.25) is 0 Å². The third-order valence-corrected chi connectivity index (χ3v) is 0.694. The highest BCUT2D eigenvalue weighted by molar-refractivity contribution is 5.07. The summed E-state index contributed by atoms with van der Waals surface area (Å²) in [4.78, 5) is 0. The van der Waals surface area contributed by atoms with Crippen LogP contribution in [0.5, 0.6) is 0 Å². The van der Waals surface area contributed by atoms with Gasteiger partial charge >= 0.3 is 0 Å². The summed E-state index contributed by atoms with van der Waals surface area (Å²) in [6, 6.07) is 0. The zero-order valence-corrected chi connectivity index (χ0v) is 5.49. The Hall–Kier alpha value is -0.480. The summed E-state index contributed by atoms with van der Waals surface area (Å²) in [5.41, 5.74) is 0. The fourth-order valence-electron chi connectivity index (χ4n) is 0.320. The predicted octanol–water partition coefficient (Wildman–Crippen LogP) is 1.17. The monoisotopic (exact) mass is 110 g/mol. The smallest absolute Gasteiger partial charge is 0.0956 e. The quantitative estimate of drug-likeness (QED) is 0.526. The highest BCUT2D eigenvalue weighted by Gasteiger charge is 1.69. The molecular formula is C7H12N. The van der Waals surface area contributed by atoms with Gasteiger partial charge in [0.1, 0.15) is 0 Å². The molecule has 0 atom stereocenters. The van der Waals surface area contributed by atoms with Gasteiger partial charge in [-0.05, 0) is 13.5 Å². The third kappa shape index (κ3) is 5.52. The van der Waals surface area contributed by atoms with Gasteiger partial charge in [0.05, 0.1) is 6.54 Å². The van der Waals surface area contributed by atoms with E-state index in [1.807, 2.05) is 7.05 Å². The summed E-state index contributed by atoms with van der Waals surface area (Å²) in [6.07, 6.45) is 2.14. The van der Waals surface area contributed by atoms with Crippen molar-refractivity contribution in [3.63, 3.8) is 0 Å². The van der Waals surface area contributed by atoms with Crippen LogP contribution in [0, 0.1) is 18.4 Å². The van der Waals surface area contributed by atoms with E-state index < -0.39 is 0 Å². The first-order valence-electron chi connectivity index (χ1n) is 2.89. The molecular weight excluding hydrogens is 98.1 g/mol. The largest absolute Gasteiger partial charge is 0.305 e. The third-order valence-electron chi connectivity index (χ3n) is 0.694.